The van der Waals surface area contributed by atoms with E-state index in [-0.39, 0.29) is 21.2 Å². The van der Waals surface area contributed by atoms with Crippen LogP contribution in [0.3, 0.4) is 0 Å². The summed E-state index contributed by atoms with van der Waals surface area (Å²) in [6.45, 7) is 3.10. The Balaban J connectivity index is 1.89. The van der Waals surface area contributed by atoms with Gasteiger partial charge in [0.1, 0.15) is 5.75 Å². The largest absolute Gasteiger partial charge is 0.495 e. The highest BCUT2D eigenvalue weighted by atomic mass is 35.5. The van der Waals surface area contributed by atoms with Crippen molar-refractivity contribution in [2.45, 2.75) is 11.3 Å². The standard InChI is InChI=1S/C20H22ClN5O5S/c1-31-18-4-3-15(12-16(18)21)32(29,30)24-17-11-14(20(27)28)13-23-19(17)26-9-7-25(8-10-26)6-2-5-22/h3-4,11-13,24H,2,6-10H2,1H3,(H,27,28). The normalized spacial score (nSPS) is 14.6. The number of sulfonamides is 1. The molecule has 0 atom stereocenters. The number of hydrogen-bond donors (Lipinski definition) is 2. The first-order chi connectivity index (χ1) is 15.2. The second kappa shape index (κ2) is 10.0. The molecule has 0 unspecified atom stereocenters. The minimum Gasteiger partial charge on any atom is -0.495 e. The minimum absolute atomic E-state index is 0.0577. The zero-order valence-corrected chi connectivity index (χ0v) is 18.9. The highest BCUT2D eigenvalue weighted by Gasteiger charge is 2.24. The topological polar surface area (TPSA) is 136 Å². The molecule has 1 aromatic carbocycles. The number of carboxylic acid groups (broad SMARTS) is 1. The van der Waals surface area contributed by atoms with E-state index in [0.29, 0.717) is 50.7 Å². The van der Waals surface area contributed by atoms with Gasteiger partial charge in [0.2, 0.25) is 0 Å². The molecule has 1 aliphatic heterocycles. The van der Waals surface area contributed by atoms with E-state index in [9.17, 15) is 18.3 Å². The number of aromatic carboxylic acids is 1. The van der Waals surface area contributed by atoms with Gasteiger partial charge in [0.05, 0.1) is 34.3 Å². The van der Waals surface area contributed by atoms with Gasteiger partial charge in [-0.15, -0.1) is 0 Å². The molecule has 10 nitrogen and oxygen atoms in total. The fourth-order valence-corrected chi connectivity index (χ4v) is 4.71. The van der Waals surface area contributed by atoms with Crippen molar-refractivity contribution >= 4 is 39.1 Å². The van der Waals surface area contributed by atoms with E-state index < -0.39 is 16.0 Å². The van der Waals surface area contributed by atoms with Gasteiger partial charge in [-0.1, -0.05) is 11.6 Å². The number of halogens is 1. The molecule has 0 spiro atoms. The van der Waals surface area contributed by atoms with Gasteiger partial charge in [0.25, 0.3) is 10.0 Å². The lowest BCUT2D eigenvalue weighted by molar-refractivity contribution is 0.0696. The second-order valence-corrected chi connectivity index (χ2v) is 9.13. The molecule has 2 N–H and O–H groups in total. The number of ether oxygens (including phenoxy) is 1. The summed E-state index contributed by atoms with van der Waals surface area (Å²) in [7, 11) is -2.66. The van der Waals surface area contributed by atoms with Crippen LogP contribution in [0.1, 0.15) is 16.8 Å². The Morgan fingerprint density at radius 1 is 1.31 bits per heavy atom. The fraction of sp³-hybridized carbons (Fsp3) is 0.350. The third-order valence-corrected chi connectivity index (χ3v) is 6.66. The van der Waals surface area contributed by atoms with Crippen molar-refractivity contribution < 1.29 is 23.1 Å². The van der Waals surface area contributed by atoms with E-state index >= 15 is 0 Å². The molecule has 0 aliphatic carbocycles. The summed E-state index contributed by atoms with van der Waals surface area (Å²) in [6.07, 6.45) is 1.63. The van der Waals surface area contributed by atoms with E-state index in [2.05, 4.69) is 20.7 Å². The summed E-state index contributed by atoms with van der Waals surface area (Å²) in [5.74, 6) is -0.563. The van der Waals surface area contributed by atoms with Crippen LogP contribution in [0.25, 0.3) is 0 Å². The molecule has 12 heteroatoms. The molecule has 3 rings (SSSR count). The molecule has 2 heterocycles. The molecule has 1 aliphatic rings. The molecular formula is C20H22ClN5O5S. The Hall–Kier alpha value is -3.07. The summed E-state index contributed by atoms with van der Waals surface area (Å²) in [4.78, 5) is 19.6. The minimum atomic E-state index is -4.08. The van der Waals surface area contributed by atoms with Gasteiger partial charge in [0, 0.05) is 45.3 Å². The van der Waals surface area contributed by atoms with Crippen molar-refractivity contribution in [3.05, 3.63) is 41.0 Å². The molecule has 1 saturated heterocycles. The molecule has 0 radical (unpaired) electrons. The van der Waals surface area contributed by atoms with Crippen molar-refractivity contribution in [1.29, 1.82) is 5.26 Å². The van der Waals surface area contributed by atoms with Crippen LogP contribution in [0.4, 0.5) is 11.5 Å². The Bertz CT molecular complexity index is 1140. The van der Waals surface area contributed by atoms with Crippen LogP contribution < -0.4 is 14.4 Å². The lowest BCUT2D eigenvalue weighted by Gasteiger charge is -2.35. The number of rotatable bonds is 8. The smallest absolute Gasteiger partial charge is 0.337 e. The van der Waals surface area contributed by atoms with Crippen molar-refractivity contribution in [2.75, 3.05) is 49.5 Å². The average molecular weight is 480 g/mol. The molecule has 1 aromatic heterocycles. The quantitative estimate of drug-likeness (QED) is 0.584. The third kappa shape index (κ3) is 5.40. The lowest BCUT2D eigenvalue weighted by Crippen LogP contribution is -2.47. The van der Waals surface area contributed by atoms with Crippen molar-refractivity contribution in [3.8, 4) is 11.8 Å². The maximum atomic E-state index is 13.0. The van der Waals surface area contributed by atoms with Crippen molar-refractivity contribution in [1.82, 2.24) is 9.88 Å². The maximum Gasteiger partial charge on any atom is 0.337 e. The Morgan fingerprint density at radius 2 is 2.03 bits per heavy atom. The summed E-state index contributed by atoms with van der Waals surface area (Å²) in [5.41, 5.74) is -0.0887. The zero-order valence-electron chi connectivity index (χ0n) is 17.3. The number of pyridine rings is 1. The summed E-state index contributed by atoms with van der Waals surface area (Å²) >= 11 is 6.07. The molecule has 0 bridgehead atoms. The Labute approximate surface area is 191 Å². The number of anilines is 2. The number of aromatic nitrogens is 1. The van der Waals surface area contributed by atoms with Crippen molar-refractivity contribution in [2.24, 2.45) is 0 Å². The molecular weight excluding hydrogens is 458 g/mol. The predicted molar refractivity (Wildman–Crippen MR) is 119 cm³/mol. The monoisotopic (exact) mass is 479 g/mol. The molecule has 0 amide bonds. The first kappa shape index (κ1) is 23.6. The zero-order chi connectivity index (χ0) is 23.3. The average Bonchev–Trinajstić information content (AvgIpc) is 2.77. The molecule has 2 aromatic rings. The fourth-order valence-electron chi connectivity index (χ4n) is 3.31. The van der Waals surface area contributed by atoms with Crippen molar-refractivity contribution in [3.63, 3.8) is 0 Å². The van der Waals surface area contributed by atoms with Gasteiger partial charge < -0.3 is 14.7 Å². The number of carbonyl (C=O) groups is 1. The number of nitriles is 1. The lowest BCUT2D eigenvalue weighted by atomic mass is 10.2. The third-order valence-electron chi connectivity index (χ3n) is 5.00. The highest BCUT2D eigenvalue weighted by molar-refractivity contribution is 7.92. The van der Waals surface area contributed by atoms with E-state index in [0.717, 1.165) is 0 Å². The summed E-state index contributed by atoms with van der Waals surface area (Å²) in [6, 6.07) is 7.40. The Kier molecular flexibility index (Phi) is 7.40. The van der Waals surface area contributed by atoms with E-state index in [1.165, 1.54) is 37.6 Å². The molecule has 32 heavy (non-hydrogen) atoms. The van der Waals surface area contributed by atoms with Gasteiger partial charge in [-0.2, -0.15) is 5.26 Å². The number of benzene rings is 1. The first-order valence-corrected chi connectivity index (χ1v) is 11.5. The van der Waals surface area contributed by atoms with Crippen LogP contribution in [-0.4, -0.2) is 69.2 Å². The van der Waals surface area contributed by atoms with Crippen LogP contribution in [0.15, 0.2) is 35.4 Å². The number of nitrogens with one attached hydrogen (secondary N) is 1. The number of hydrogen-bond acceptors (Lipinski definition) is 8. The van der Waals surface area contributed by atoms with Gasteiger partial charge in [0.15, 0.2) is 5.82 Å². The maximum absolute atomic E-state index is 13.0. The second-order valence-electron chi connectivity index (χ2n) is 7.04. The van der Waals surface area contributed by atoms with E-state index in [4.69, 9.17) is 21.6 Å². The summed E-state index contributed by atoms with van der Waals surface area (Å²) in [5, 5.41) is 18.2. The number of nitrogens with zero attached hydrogens (tertiary/aromatic N) is 4. The van der Waals surface area contributed by atoms with Crippen LogP contribution >= 0.6 is 11.6 Å². The van der Waals surface area contributed by atoms with Crippen LogP contribution in [0, 0.1) is 11.3 Å². The van der Waals surface area contributed by atoms with Gasteiger partial charge in [-0.25, -0.2) is 18.2 Å². The van der Waals surface area contributed by atoms with E-state index in [1.807, 2.05) is 4.90 Å². The summed E-state index contributed by atoms with van der Waals surface area (Å²) < 4.78 is 33.5. The van der Waals surface area contributed by atoms with Crippen LogP contribution in [-0.2, 0) is 10.0 Å². The molecule has 0 saturated carbocycles. The van der Waals surface area contributed by atoms with Crippen LogP contribution in [0.2, 0.25) is 5.02 Å². The predicted octanol–water partition coefficient (Wildman–Crippen LogP) is 2.28. The SMILES string of the molecule is COc1ccc(S(=O)(=O)Nc2cc(C(=O)O)cnc2N2CCN(CCC#N)CC2)cc1Cl. The molecule has 170 valence electrons. The first-order valence-electron chi connectivity index (χ1n) is 9.69. The van der Waals surface area contributed by atoms with Gasteiger partial charge in [-0.3, -0.25) is 9.62 Å². The highest BCUT2D eigenvalue weighted by Crippen LogP contribution is 2.31. The van der Waals surface area contributed by atoms with E-state index in [1.54, 1.807) is 0 Å². The number of methoxy groups -OCH3 is 1. The van der Waals surface area contributed by atoms with Gasteiger partial charge in [-0.05, 0) is 24.3 Å². The number of carboxylic acids is 1. The Morgan fingerprint density at radius 3 is 2.62 bits per heavy atom. The van der Waals surface area contributed by atoms with Crippen LogP contribution in [0.5, 0.6) is 5.75 Å². The number of piperazine rings is 1. The molecule has 1 fully saturated rings. The van der Waals surface area contributed by atoms with Gasteiger partial charge >= 0.3 is 5.97 Å².